The lowest BCUT2D eigenvalue weighted by Gasteiger charge is -2.37. The van der Waals surface area contributed by atoms with Gasteiger partial charge in [-0.15, -0.1) is 0 Å². The van der Waals surface area contributed by atoms with Crippen LogP contribution >= 0.6 is 0 Å². The Kier molecular flexibility index (Phi) is 5.30. The van der Waals surface area contributed by atoms with Gasteiger partial charge in [-0.05, 0) is 44.4 Å². The molecule has 100 valence electrons. The molecular weight excluding hydrogens is 210 g/mol. The molecule has 0 spiro atoms. The smallest absolute Gasteiger partial charge is 0.0724 e. The van der Waals surface area contributed by atoms with Crippen molar-refractivity contribution in [3.05, 3.63) is 0 Å². The molecule has 1 N–H and O–H groups in total. The molecule has 0 saturated heterocycles. The van der Waals surface area contributed by atoms with Crippen LogP contribution in [0.4, 0.5) is 0 Å². The molecule has 2 nitrogen and oxygen atoms in total. The molecule has 17 heavy (non-hydrogen) atoms. The van der Waals surface area contributed by atoms with Gasteiger partial charge in [-0.25, -0.2) is 0 Å². The predicted molar refractivity (Wildman–Crippen MR) is 72.2 cm³/mol. The molecule has 2 heteroatoms. The molecule has 0 amide bonds. The monoisotopic (exact) mass is 239 g/mol. The van der Waals surface area contributed by atoms with E-state index < -0.39 is 0 Å². The van der Waals surface area contributed by atoms with Crippen molar-refractivity contribution < 1.29 is 4.74 Å². The molecule has 2 fully saturated rings. The Morgan fingerprint density at radius 3 is 2.35 bits per heavy atom. The number of ether oxygens (including phenoxy) is 1. The maximum atomic E-state index is 5.63. The molecular formula is C15H29NO. The van der Waals surface area contributed by atoms with Crippen LogP contribution in [0.25, 0.3) is 0 Å². The minimum absolute atomic E-state index is 0.465. The highest BCUT2D eigenvalue weighted by molar-refractivity contribution is 4.86. The molecule has 2 aliphatic rings. The maximum absolute atomic E-state index is 5.63. The third-order valence-electron chi connectivity index (χ3n) is 4.88. The molecule has 2 rings (SSSR count). The quantitative estimate of drug-likeness (QED) is 0.810. The third-order valence-corrected chi connectivity index (χ3v) is 4.88. The summed E-state index contributed by atoms with van der Waals surface area (Å²) in [5.74, 6) is 0.998. The first-order valence-corrected chi connectivity index (χ1v) is 7.62. The largest absolute Gasteiger partial charge is 0.380 e. The molecule has 0 heterocycles. The molecule has 2 atom stereocenters. The summed E-state index contributed by atoms with van der Waals surface area (Å²) in [5, 5.41) is 3.88. The third kappa shape index (κ3) is 3.69. The van der Waals surface area contributed by atoms with E-state index in [0.29, 0.717) is 12.1 Å². The van der Waals surface area contributed by atoms with Gasteiger partial charge in [-0.3, -0.25) is 0 Å². The predicted octanol–water partition coefficient (Wildman–Crippen LogP) is 3.50. The van der Waals surface area contributed by atoms with Crippen LogP contribution in [-0.2, 0) is 4.74 Å². The van der Waals surface area contributed by atoms with Crippen LogP contribution in [-0.4, -0.2) is 25.3 Å². The second-order valence-electron chi connectivity index (χ2n) is 5.96. The Balaban J connectivity index is 1.76. The summed E-state index contributed by atoms with van der Waals surface area (Å²) < 4.78 is 5.63. The Morgan fingerprint density at radius 2 is 1.71 bits per heavy atom. The molecule has 2 saturated carbocycles. The standard InChI is InChI=1S/C15H29NO/c1-3-12-8-10-13(11-9-12)16-14-6-4-5-7-15(14)17-2/h12-16H,3-11H2,1-2H3. The minimum Gasteiger partial charge on any atom is -0.380 e. The summed E-state index contributed by atoms with van der Waals surface area (Å²) in [4.78, 5) is 0. The highest BCUT2D eigenvalue weighted by Crippen LogP contribution is 2.28. The summed E-state index contributed by atoms with van der Waals surface area (Å²) >= 11 is 0. The van der Waals surface area contributed by atoms with Crippen LogP contribution in [0.1, 0.15) is 64.7 Å². The molecule has 2 unspecified atom stereocenters. The van der Waals surface area contributed by atoms with Crippen molar-refractivity contribution in [1.29, 1.82) is 0 Å². The summed E-state index contributed by atoms with van der Waals surface area (Å²) in [6, 6.07) is 1.38. The van der Waals surface area contributed by atoms with E-state index in [9.17, 15) is 0 Å². The maximum Gasteiger partial charge on any atom is 0.0724 e. The zero-order valence-electron chi connectivity index (χ0n) is 11.6. The molecule has 0 aliphatic heterocycles. The van der Waals surface area contributed by atoms with Crippen molar-refractivity contribution in [2.24, 2.45) is 5.92 Å². The topological polar surface area (TPSA) is 21.3 Å². The summed E-state index contributed by atoms with van der Waals surface area (Å²) in [5.41, 5.74) is 0. The van der Waals surface area contributed by atoms with Crippen molar-refractivity contribution in [3.8, 4) is 0 Å². The highest BCUT2D eigenvalue weighted by Gasteiger charge is 2.28. The van der Waals surface area contributed by atoms with Gasteiger partial charge in [0, 0.05) is 19.2 Å². The lowest BCUT2D eigenvalue weighted by Crippen LogP contribution is -2.48. The summed E-state index contributed by atoms with van der Waals surface area (Å²) in [7, 11) is 1.87. The van der Waals surface area contributed by atoms with E-state index in [1.807, 2.05) is 7.11 Å². The molecule has 2 aliphatic carbocycles. The zero-order valence-corrected chi connectivity index (χ0v) is 11.6. The Bertz CT molecular complexity index is 211. The van der Waals surface area contributed by atoms with E-state index in [0.717, 1.165) is 12.0 Å². The van der Waals surface area contributed by atoms with Gasteiger partial charge in [0.1, 0.15) is 0 Å². The van der Waals surface area contributed by atoms with Gasteiger partial charge < -0.3 is 10.1 Å². The van der Waals surface area contributed by atoms with Gasteiger partial charge in [-0.1, -0.05) is 26.2 Å². The summed E-state index contributed by atoms with van der Waals surface area (Å²) in [6.45, 7) is 2.33. The SMILES string of the molecule is CCC1CCC(NC2CCCCC2OC)CC1. The first-order chi connectivity index (χ1) is 8.33. The minimum atomic E-state index is 0.465. The first kappa shape index (κ1) is 13.4. The van der Waals surface area contributed by atoms with Gasteiger partial charge in [0.15, 0.2) is 0 Å². The van der Waals surface area contributed by atoms with E-state index in [1.165, 1.54) is 57.8 Å². The molecule has 0 radical (unpaired) electrons. The van der Waals surface area contributed by atoms with Crippen LogP contribution in [0.5, 0.6) is 0 Å². The molecule has 0 aromatic rings. The molecule has 0 aromatic heterocycles. The lowest BCUT2D eigenvalue weighted by atomic mass is 9.83. The van der Waals surface area contributed by atoms with Crippen molar-refractivity contribution in [3.63, 3.8) is 0 Å². The van der Waals surface area contributed by atoms with E-state index in [2.05, 4.69) is 12.2 Å². The van der Waals surface area contributed by atoms with E-state index in [-0.39, 0.29) is 0 Å². The van der Waals surface area contributed by atoms with E-state index >= 15 is 0 Å². The van der Waals surface area contributed by atoms with Gasteiger partial charge in [0.05, 0.1) is 6.10 Å². The normalized spacial score (nSPS) is 39.2. The molecule has 0 bridgehead atoms. The highest BCUT2D eigenvalue weighted by atomic mass is 16.5. The van der Waals surface area contributed by atoms with Gasteiger partial charge in [0.2, 0.25) is 0 Å². The van der Waals surface area contributed by atoms with Crippen molar-refractivity contribution >= 4 is 0 Å². The lowest BCUT2D eigenvalue weighted by molar-refractivity contribution is 0.0348. The number of hydrogen-bond donors (Lipinski definition) is 1. The number of methoxy groups -OCH3 is 1. The summed E-state index contributed by atoms with van der Waals surface area (Å²) in [6.07, 6.45) is 12.7. The molecule has 0 aromatic carbocycles. The van der Waals surface area contributed by atoms with E-state index in [4.69, 9.17) is 4.74 Å². The first-order valence-electron chi connectivity index (χ1n) is 7.62. The Hall–Kier alpha value is -0.0800. The Morgan fingerprint density at radius 1 is 1.00 bits per heavy atom. The van der Waals surface area contributed by atoms with Gasteiger partial charge >= 0.3 is 0 Å². The van der Waals surface area contributed by atoms with E-state index in [1.54, 1.807) is 0 Å². The fourth-order valence-corrected chi connectivity index (χ4v) is 3.61. The fraction of sp³-hybridized carbons (Fsp3) is 1.00. The van der Waals surface area contributed by atoms with Crippen LogP contribution in [0, 0.1) is 5.92 Å². The van der Waals surface area contributed by atoms with Gasteiger partial charge in [0.25, 0.3) is 0 Å². The number of hydrogen-bond acceptors (Lipinski definition) is 2. The zero-order chi connectivity index (χ0) is 12.1. The van der Waals surface area contributed by atoms with Crippen LogP contribution in [0.2, 0.25) is 0 Å². The Labute approximate surface area is 107 Å². The average Bonchev–Trinajstić information content (AvgIpc) is 2.40. The second kappa shape index (κ2) is 6.75. The van der Waals surface area contributed by atoms with Crippen LogP contribution < -0.4 is 5.32 Å². The van der Waals surface area contributed by atoms with Gasteiger partial charge in [-0.2, -0.15) is 0 Å². The number of nitrogens with one attached hydrogen (secondary N) is 1. The fourth-order valence-electron chi connectivity index (χ4n) is 3.61. The van der Waals surface area contributed by atoms with Crippen molar-refractivity contribution in [2.75, 3.05) is 7.11 Å². The van der Waals surface area contributed by atoms with Crippen molar-refractivity contribution in [2.45, 2.75) is 82.9 Å². The van der Waals surface area contributed by atoms with Crippen molar-refractivity contribution in [1.82, 2.24) is 5.32 Å². The van der Waals surface area contributed by atoms with Crippen LogP contribution in [0.3, 0.4) is 0 Å². The number of rotatable bonds is 4. The average molecular weight is 239 g/mol. The van der Waals surface area contributed by atoms with Crippen LogP contribution in [0.15, 0.2) is 0 Å². The second-order valence-corrected chi connectivity index (χ2v) is 5.96.